The Kier molecular flexibility index (Phi) is 6.91. The molecule has 1 aliphatic rings. The van der Waals surface area contributed by atoms with Gasteiger partial charge in [-0.1, -0.05) is 50.2 Å². The quantitative estimate of drug-likeness (QED) is 0.745. The summed E-state index contributed by atoms with van der Waals surface area (Å²) < 4.78 is 28.0. The van der Waals surface area contributed by atoms with E-state index in [2.05, 4.69) is 29.0 Å². The van der Waals surface area contributed by atoms with Gasteiger partial charge in [0.05, 0.1) is 0 Å². The van der Waals surface area contributed by atoms with Gasteiger partial charge in [0.25, 0.3) is 10.0 Å². The van der Waals surface area contributed by atoms with E-state index in [-0.39, 0.29) is 16.0 Å². The summed E-state index contributed by atoms with van der Waals surface area (Å²) in [5.41, 5.74) is 1.33. The van der Waals surface area contributed by atoms with Crippen molar-refractivity contribution in [3.8, 4) is 0 Å². The number of carbonyl (C=O) groups is 1. The molecule has 0 unspecified atom stereocenters. The van der Waals surface area contributed by atoms with Crippen molar-refractivity contribution in [2.24, 2.45) is 11.8 Å². The van der Waals surface area contributed by atoms with E-state index in [1.807, 2.05) is 24.8 Å². The molecule has 1 atom stereocenters. The summed E-state index contributed by atoms with van der Waals surface area (Å²) in [6.07, 6.45) is 2.92. The maximum atomic E-state index is 13.1. The average molecular weight is 421 g/mol. The summed E-state index contributed by atoms with van der Waals surface area (Å²) >= 11 is 1.16. The Bertz CT molecular complexity index is 856. The third-order valence-corrected chi connectivity index (χ3v) is 8.11. The number of likely N-dealkylation sites (tertiary alicyclic amines) is 1. The van der Waals surface area contributed by atoms with Gasteiger partial charge >= 0.3 is 0 Å². The molecule has 28 heavy (non-hydrogen) atoms. The van der Waals surface area contributed by atoms with Crippen LogP contribution in [-0.4, -0.2) is 38.4 Å². The molecule has 1 saturated heterocycles. The zero-order chi connectivity index (χ0) is 20.1. The fraction of sp³-hybridized carbons (Fsp3) is 0.476. The van der Waals surface area contributed by atoms with Gasteiger partial charge in [-0.2, -0.15) is 4.72 Å². The molecule has 2 aromatic rings. The van der Waals surface area contributed by atoms with Gasteiger partial charge in [0, 0.05) is 13.1 Å². The number of sulfonamides is 1. The van der Waals surface area contributed by atoms with Crippen LogP contribution in [0.3, 0.4) is 0 Å². The molecule has 1 fully saturated rings. The number of hydrogen-bond donors (Lipinski definition) is 1. The lowest BCUT2D eigenvalue weighted by atomic mass is 9.89. The first-order valence-electron chi connectivity index (χ1n) is 9.75. The second-order valence-corrected chi connectivity index (χ2v) is 10.6. The largest absolute Gasteiger partial charge is 0.341 e. The van der Waals surface area contributed by atoms with Crippen molar-refractivity contribution < 1.29 is 13.2 Å². The minimum absolute atomic E-state index is 0.117. The number of hydrogen-bond acceptors (Lipinski definition) is 4. The Morgan fingerprint density at radius 3 is 2.39 bits per heavy atom. The van der Waals surface area contributed by atoms with Crippen LogP contribution >= 0.6 is 11.3 Å². The zero-order valence-electron chi connectivity index (χ0n) is 16.4. The number of thiophene rings is 1. The molecule has 1 aliphatic heterocycles. The van der Waals surface area contributed by atoms with Crippen LogP contribution in [0.4, 0.5) is 0 Å². The number of carbonyl (C=O) groups excluding carboxylic acids is 1. The molecule has 5 nitrogen and oxygen atoms in total. The standard InChI is InChI=1S/C21H28N2O3S2/c1-16(2)20(22-28(25,26)19-9-6-14-27-19)21(24)23-12-10-18(11-13-23)15-17-7-4-3-5-8-17/h3-9,14,16,18,20,22H,10-13,15H2,1-2H3/t20-/m0/s1. The van der Waals surface area contributed by atoms with Crippen molar-refractivity contribution in [3.63, 3.8) is 0 Å². The van der Waals surface area contributed by atoms with Gasteiger partial charge in [-0.3, -0.25) is 4.79 Å². The topological polar surface area (TPSA) is 66.5 Å². The first kappa shape index (κ1) is 21.0. The number of rotatable bonds is 7. The lowest BCUT2D eigenvalue weighted by Gasteiger charge is -2.35. The molecule has 0 bridgehead atoms. The Morgan fingerprint density at radius 2 is 1.82 bits per heavy atom. The molecular formula is C21H28N2O3S2. The van der Waals surface area contributed by atoms with Crippen molar-refractivity contribution in [1.82, 2.24) is 9.62 Å². The SMILES string of the molecule is CC(C)[C@H](NS(=O)(=O)c1cccs1)C(=O)N1CCC(Cc2ccccc2)CC1. The molecule has 0 radical (unpaired) electrons. The molecule has 7 heteroatoms. The van der Waals surface area contributed by atoms with Crippen LogP contribution in [0.1, 0.15) is 32.3 Å². The predicted octanol–water partition coefficient (Wildman–Crippen LogP) is 3.53. The highest BCUT2D eigenvalue weighted by Gasteiger charge is 2.33. The lowest BCUT2D eigenvalue weighted by molar-refractivity contribution is -0.135. The lowest BCUT2D eigenvalue weighted by Crippen LogP contribution is -2.52. The highest BCUT2D eigenvalue weighted by atomic mass is 32.2. The molecule has 0 spiro atoms. The highest BCUT2D eigenvalue weighted by molar-refractivity contribution is 7.91. The molecule has 1 aromatic carbocycles. The van der Waals surface area contributed by atoms with Gasteiger partial charge in [-0.25, -0.2) is 8.42 Å². The molecule has 3 rings (SSSR count). The van der Waals surface area contributed by atoms with Crippen LogP contribution in [-0.2, 0) is 21.2 Å². The smallest absolute Gasteiger partial charge is 0.250 e. The number of nitrogens with zero attached hydrogens (tertiary/aromatic N) is 1. The number of piperidine rings is 1. The Hall–Kier alpha value is -1.70. The monoisotopic (exact) mass is 420 g/mol. The Labute approximate surface area is 171 Å². The molecule has 1 N–H and O–H groups in total. The minimum atomic E-state index is -3.68. The molecule has 0 aliphatic carbocycles. The summed E-state index contributed by atoms with van der Waals surface area (Å²) in [6, 6.07) is 12.9. The van der Waals surface area contributed by atoms with Crippen molar-refractivity contribution in [2.45, 2.75) is 43.4 Å². The fourth-order valence-corrected chi connectivity index (χ4v) is 5.96. The third kappa shape index (κ3) is 5.21. The highest BCUT2D eigenvalue weighted by Crippen LogP contribution is 2.24. The van der Waals surface area contributed by atoms with Gasteiger partial charge in [0.1, 0.15) is 10.3 Å². The van der Waals surface area contributed by atoms with E-state index >= 15 is 0 Å². The van der Waals surface area contributed by atoms with Gasteiger partial charge in [0.15, 0.2) is 0 Å². The molecular weight excluding hydrogens is 392 g/mol. The Balaban J connectivity index is 1.60. The second kappa shape index (κ2) is 9.20. The van der Waals surface area contributed by atoms with Crippen molar-refractivity contribution in [3.05, 3.63) is 53.4 Å². The summed E-state index contributed by atoms with van der Waals surface area (Å²) in [4.78, 5) is 14.9. The van der Waals surface area contributed by atoms with E-state index in [1.165, 1.54) is 5.56 Å². The van der Waals surface area contributed by atoms with E-state index in [9.17, 15) is 13.2 Å². The van der Waals surface area contributed by atoms with Crippen LogP contribution in [0.5, 0.6) is 0 Å². The maximum absolute atomic E-state index is 13.1. The number of nitrogens with one attached hydrogen (secondary N) is 1. The fourth-order valence-electron chi connectivity index (χ4n) is 3.61. The van der Waals surface area contributed by atoms with E-state index in [1.54, 1.807) is 17.5 Å². The number of benzene rings is 1. The Morgan fingerprint density at radius 1 is 1.14 bits per heavy atom. The minimum Gasteiger partial charge on any atom is -0.341 e. The first-order chi connectivity index (χ1) is 13.4. The van der Waals surface area contributed by atoms with Gasteiger partial charge in [0.2, 0.25) is 5.91 Å². The van der Waals surface area contributed by atoms with Crippen molar-refractivity contribution in [1.29, 1.82) is 0 Å². The molecule has 1 amide bonds. The van der Waals surface area contributed by atoms with E-state index in [4.69, 9.17) is 0 Å². The predicted molar refractivity (Wildman–Crippen MR) is 113 cm³/mol. The van der Waals surface area contributed by atoms with E-state index in [0.29, 0.717) is 19.0 Å². The van der Waals surface area contributed by atoms with E-state index in [0.717, 1.165) is 30.6 Å². The molecule has 2 heterocycles. The summed E-state index contributed by atoms with van der Waals surface area (Å²) in [5.74, 6) is 0.323. The summed E-state index contributed by atoms with van der Waals surface area (Å²) in [5, 5.41) is 1.72. The van der Waals surface area contributed by atoms with Crippen LogP contribution in [0.15, 0.2) is 52.1 Å². The van der Waals surface area contributed by atoms with Gasteiger partial charge in [-0.15, -0.1) is 11.3 Å². The van der Waals surface area contributed by atoms with Crippen molar-refractivity contribution in [2.75, 3.05) is 13.1 Å². The summed E-state index contributed by atoms with van der Waals surface area (Å²) in [7, 11) is -3.68. The van der Waals surface area contributed by atoms with Crippen LogP contribution < -0.4 is 4.72 Å². The van der Waals surface area contributed by atoms with E-state index < -0.39 is 16.1 Å². The first-order valence-corrected chi connectivity index (χ1v) is 12.1. The van der Waals surface area contributed by atoms with Crippen LogP contribution in [0.2, 0.25) is 0 Å². The van der Waals surface area contributed by atoms with Crippen molar-refractivity contribution >= 4 is 27.3 Å². The summed E-state index contributed by atoms with van der Waals surface area (Å²) in [6.45, 7) is 5.11. The van der Waals surface area contributed by atoms with Crippen LogP contribution in [0, 0.1) is 11.8 Å². The van der Waals surface area contributed by atoms with Gasteiger partial charge in [-0.05, 0) is 48.1 Å². The average Bonchev–Trinajstić information content (AvgIpc) is 3.23. The molecule has 152 valence electrons. The molecule has 0 saturated carbocycles. The normalized spacial score (nSPS) is 17.0. The van der Waals surface area contributed by atoms with Crippen LogP contribution in [0.25, 0.3) is 0 Å². The zero-order valence-corrected chi connectivity index (χ0v) is 18.0. The maximum Gasteiger partial charge on any atom is 0.250 e. The molecule has 1 aromatic heterocycles. The van der Waals surface area contributed by atoms with Gasteiger partial charge < -0.3 is 4.90 Å². The third-order valence-electron chi connectivity index (χ3n) is 5.27. The number of amides is 1. The second-order valence-electron chi connectivity index (χ2n) is 7.73.